The summed E-state index contributed by atoms with van der Waals surface area (Å²) in [4.78, 5) is 9.91. The molecule has 0 radical (unpaired) electrons. The molecule has 0 fully saturated rings. The zero-order chi connectivity index (χ0) is 8.15. The number of carboxylic acids is 1. The molecule has 0 unspecified atom stereocenters. The van der Waals surface area contributed by atoms with Crippen molar-refractivity contribution in [3.63, 3.8) is 0 Å². The highest BCUT2D eigenvalue weighted by Gasteiger charge is 2.16. The van der Waals surface area contributed by atoms with Crippen molar-refractivity contribution in [1.82, 2.24) is 0 Å². The molecule has 0 bridgehead atoms. The van der Waals surface area contributed by atoms with E-state index in [1.807, 2.05) is 0 Å². The number of aliphatic hydroxyl groups excluding tert-OH is 3. The molecule has 0 saturated carbocycles. The molecule has 60 valence electrons. The first-order valence-corrected chi connectivity index (χ1v) is 2.77. The molecule has 10 heavy (non-hydrogen) atoms. The quantitative estimate of drug-likeness (QED) is 0.378. The number of aliphatic hydroxyl groups is 3. The van der Waals surface area contributed by atoms with Gasteiger partial charge in [0, 0.05) is 6.42 Å². The highest BCUT2D eigenvalue weighted by Crippen LogP contribution is 1.96. The van der Waals surface area contributed by atoms with Crippen molar-refractivity contribution in [2.45, 2.75) is 18.6 Å². The molecule has 0 aromatic heterocycles. The maximum absolute atomic E-state index is 9.91. The van der Waals surface area contributed by atoms with Gasteiger partial charge in [0.05, 0.1) is 12.7 Å². The summed E-state index contributed by atoms with van der Waals surface area (Å²) in [5.74, 6) is -1.40. The summed E-state index contributed by atoms with van der Waals surface area (Å²) < 4.78 is 0. The normalized spacial score (nSPS) is 16.3. The Kier molecular flexibility index (Phi) is 3.94. The van der Waals surface area contributed by atoms with Gasteiger partial charge in [0.2, 0.25) is 0 Å². The standard InChI is InChI=1S/C5H10O5/c6-2-3(7)1-4(8)5(9)10/h3-4,6-8H,1-2H2,(H,9,10)/t3-,4+/m0/s1. The maximum Gasteiger partial charge on any atom is 0.332 e. The van der Waals surface area contributed by atoms with Crippen LogP contribution in [0.3, 0.4) is 0 Å². The Morgan fingerprint density at radius 3 is 2.20 bits per heavy atom. The summed E-state index contributed by atoms with van der Waals surface area (Å²) in [6.45, 7) is -0.537. The van der Waals surface area contributed by atoms with Gasteiger partial charge in [-0.05, 0) is 0 Å². The van der Waals surface area contributed by atoms with Crippen molar-refractivity contribution in [2.75, 3.05) is 6.61 Å². The Morgan fingerprint density at radius 1 is 1.40 bits per heavy atom. The predicted molar refractivity (Wildman–Crippen MR) is 31.4 cm³/mol. The third-order valence-electron chi connectivity index (χ3n) is 0.991. The molecule has 0 saturated heterocycles. The molecule has 4 N–H and O–H groups in total. The number of aliphatic carboxylic acids is 1. The minimum atomic E-state index is -1.60. The van der Waals surface area contributed by atoms with Crippen LogP contribution in [-0.4, -0.2) is 45.2 Å². The minimum absolute atomic E-state index is 0.341. The van der Waals surface area contributed by atoms with E-state index in [2.05, 4.69) is 0 Å². The van der Waals surface area contributed by atoms with E-state index in [4.69, 9.17) is 20.4 Å². The molecule has 0 spiro atoms. The first-order chi connectivity index (χ1) is 4.57. The molecule has 5 nitrogen and oxygen atoms in total. The molecule has 0 heterocycles. The van der Waals surface area contributed by atoms with Crippen LogP contribution in [0.5, 0.6) is 0 Å². The zero-order valence-electron chi connectivity index (χ0n) is 5.27. The van der Waals surface area contributed by atoms with E-state index < -0.39 is 24.8 Å². The van der Waals surface area contributed by atoms with Gasteiger partial charge in [-0.25, -0.2) is 4.79 Å². The van der Waals surface area contributed by atoms with Gasteiger partial charge in [0.1, 0.15) is 0 Å². The molecule has 0 aliphatic heterocycles. The average Bonchev–Trinajstić information content (AvgIpc) is 1.87. The van der Waals surface area contributed by atoms with Crippen LogP contribution in [0.1, 0.15) is 6.42 Å². The van der Waals surface area contributed by atoms with Gasteiger partial charge >= 0.3 is 5.97 Å². The zero-order valence-corrected chi connectivity index (χ0v) is 5.27. The molecule has 0 aromatic rings. The van der Waals surface area contributed by atoms with E-state index in [1.54, 1.807) is 0 Å². The van der Waals surface area contributed by atoms with Crippen molar-refractivity contribution in [1.29, 1.82) is 0 Å². The molecule has 0 amide bonds. The predicted octanol–water partition coefficient (Wildman–Crippen LogP) is -1.82. The molecule has 2 atom stereocenters. The van der Waals surface area contributed by atoms with E-state index >= 15 is 0 Å². The van der Waals surface area contributed by atoms with Crippen LogP contribution < -0.4 is 0 Å². The molecule has 0 aliphatic carbocycles. The van der Waals surface area contributed by atoms with Crippen LogP contribution in [0.25, 0.3) is 0 Å². The van der Waals surface area contributed by atoms with Gasteiger partial charge in [-0.3, -0.25) is 0 Å². The van der Waals surface area contributed by atoms with Crippen LogP contribution in [-0.2, 0) is 4.79 Å². The second-order valence-corrected chi connectivity index (χ2v) is 1.93. The molecule has 5 heteroatoms. The summed E-state index contributed by atoms with van der Waals surface area (Å²) in [7, 11) is 0. The Bertz CT molecular complexity index is 113. The molecular formula is C5H10O5. The van der Waals surface area contributed by atoms with Crippen molar-refractivity contribution in [3.05, 3.63) is 0 Å². The van der Waals surface area contributed by atoms with E-state index in [9.17, 15) is 4.79 Å². The number of hydrogen-bond donors (Lipinski definition) is 4. The summed E-state index contributed by atoms with van der Waals surface area (Å²) in [5, 5.41) is 33.5. The molecule has 0 rings (SSSR count). The largest absolute Gasteiger partial charge is 0.479 e. The lowest BCUT2D eigenvalue weighted by molar-refractivity contribution is -0.148. The lowest BCUT2D eigenvalue weighted by Gasteiger charge is -2.08. The van der Waals surface area contributed by atoms with Gasteiger partial charge in [0.15, 0.2) is 6.10 Å². The second kappa shape index (κ2) is 4.21. The van der Waals surface area contributed by atoms with Gasteiger partial charge in [-0.2, -0.15) is 0 Å². The number of hydrogen-bond acceptors (Lipinski definition) is 4. The first-order valence-electron chi connectivity index (χ1n) is 2.77. The maximum atomic E-state index is 9.91. The van der Waals surface area contributed by atoms with Crippen LogP contribution in [0, 0.1) is 0 Å². The van der Waals surface area contributed by atoms with E-state index in [1.165, 1.54) is 0 Å². The SMILES string of the molecule is O=C(O)[C@H](O)C[C@H](O)CO. The van der Waals surface area contributed by atoms with E-state index in [-0.39, 0.29) is 6.42 Å². The van der Waals surface area contributed by atoms with Gasteiger partial charge in [-0.15, -0.1) is 0 Å². The summed E-state index contributed by atoms with van der Waals surface area (Å²) in [6.07, 6.45) is -3.10. The topological polar surface area (TPSA) is 98.0 Å². The monoisotopic (exact) mass is 150 g/mol. The summed E-state index contributed by atoms with van der Waals surface area (Å²) in [6, 6.07) is 0. The van der Waals surface area contributed by atoms with Gasteiger partial charge in [-0.1, -0.05) is 0 Å². The summed E-state index contributed by atoms with van der Waals surface area (Å²) >= 11 is 0. The Hall–Kier alpha value is -0.650. The van der Waals surface area contributed by atoms with E-state index in [0.717, 1.165) is 0 Å². The molecule has 0 aliphatic rings. The second-order valence-electron chi connectivity index (χ2n) is 1.93. The van der Waals surface area contributed by atoms with Crippen molar-refractivity contribution < 1.29 is 25.2 Å². The van der Waals surface area contributed by atoms with Crippen LogP contribution in [0.4, 0.5) is 0 Å². The molecule has 0 aromatic carbocycles. The van der Waals surface area contributed by atoms with Gasteiger partial charge in [0.25, 0.3) is 0 Å². The third-order valence-corrected chi connectivity index (χ3v) is 0.991. The van der Waals surface area contributed by atoms with Crippen molar-refractivity contribution in [2.24, 2.45) is 0 Å². The smallest absolute Gasteiger partial charge is 0.332 e. The fourth-order valence-corrected chi connectivity index (χ4v) is 0.433. The van der Waals surface area contributed by atoms with Crippen LogP contribution in [0.2, 0.25) is 0 Å². The van der Waals surface area contributed by atoms with Gasteiger partial charge < -0.3 is 20.4 Å². The highest BCUT2D eigenvalue weighted by atomic mass is 16.4. The number of carboxylic acid groups (broad SMARTS) is 1. The van der Waals surface area contributed by atoms with Crippen molar-refractivity contribution >= 4 is 5.97 Å². The minimum Gasteiger partial charge on any atom is -0.479 e. The Morgan fingerprint density at radius 2 is 1.90 bits per heavy atom. The number of rotatable bonds is 4. The third kappa shape index (κ3) is 3.39. The molecular weight excluding hydrogens is 140 g/mol. The van der Waals surface area contributed by atoms with Crippen molar-refractivity contribution in [3.8, 4) is 0 Å². The number of carbonyl (C=O) groups is 1. The fraction of sp³-hybridized carbons (Fsp3) is 0.800. The Balaban J connectivity index is 3.56. The highest BCUT2D eigenvalue weighted by molar-refractivity contribution is 5.71. The summed E-state index contributed by atoms with van der Waals surface area (Å²) in [5.41, 5.74) is 0. The van der Waals surface area contributed by atoms with Crippen LogP contribution >= 0.6 is 0 Å². The van der Waals surface area contributed by atoms with Crippen LogP contribution in [0.15, 0.2) is 0 Å². The Labute approximate surface area is 57.5 Å². The van der Waals surface area contributed by atoms with E-state index in [0.29, 0.717) is 0 Å². The fourth-order valence-electron chi connectivity index (χ4n) is 0.433. The average molecular weight is 150 g/mol. The lowest BCUT2D eigenvalue weighted by atomic mass is 10.2. The first kappa shape index (κ1) is 9.35. The lowest BCUT2D eigenvalue weighted by Crippen LogP contribution is -2.27.